The average molecular weight is 408 g/mol. The maximum absolute atomic E-state index is 13.7. The zero-order chi connectivity index (χ0) is 14.0. The van der Waals surface area contributed by atoms with Crippen LogP contribution in [0.5, 0.6) is 0 Å². The van der Waals surface area contributed by atoms with Crippen LogP contribution in [0, 0.1) is 5.82 Å². The molecular weight excluding hydrogens is 396 g/mol. The molecule has 2 aromatic carbocycles. The van der Waals surface area contributed by atoms with Crippen LogP contribution in [0.2, 0.25) is 5.02 Å². The van der Waals surface area contributed by atoms with E-state index in [0.717, 1.165) is 14.5 Å². The molecule has 0 spiro atoms. The predicted molar refractivity (Wildman–Crippen MR) is 83.9 cm³/mol. The fraction of sp³-hybridized carbons (Fsp3) is 0.143. The number of halogens is 4. The first-order valence-corrected chi connectivity index (χ1v) is 7.58. The van der Waals surface area contributed by atoms with Gasteiger partial charge in [-0.3, -0.25) is 0 Å². The van der Waals surface area contributed by atoms with E-state index < -0.39 is 0 Å². The summed E-state index contributed by atoms with van der Waals surface area (Å²) in [6, 6.07) is 10.1. The molecule has 0 amide bonds. The van der Waals surface area contributed by atoms with Crippen molar-refractivity contribution in [2.75, 3.05) is 0 Å². The van der Waals surface area contributed by atoms with Gasteiger partial charge in [-0.15, -0.1) is 0 Å². The van der Waals surface area contributed by atoms with Crippen molar-refractivity contribution in [3.05, 3.63) is 67.3 Å². The lowest BCUT2D eigenvalue weighted by atomic mass is 9.99. The maximum atomic E-state index is 13.7. The fourth-order valence-electron chi connectivity index (χ4n) is 1.84. The van der Waals surface area contributed by atoms with Gasteiger partial charge in [-0.25, -0.2) is 4.39 Å². The Morgan fingerprint density at radius 3 is 2.53 bits per heavy atom. The zero-order valence-corrected chi connectivity index (χ0v) is 13.8. The lowest BCUT2D eigenvalue weighted by Crippen LogP contribution is -2.14. The molecule has 0 aliphatic rings. The summed E-state index contributed by atoms with van der Waals surface area (Å²) in [5.41, 5.74) is 7.64. The summed E-state index contributed by atoms with van der Waals surface area (Å²) in [5.74, 6) is -0.323. The average Bonchev–Trinajstić information content (AvgIpc) is 2.32. The third-order valence-electron chi connectivity index (χ3n) is 2.82. The second-order valence-corrected chi connectivity index (χ2v) is 6.42. The van der Waals surface area contributed by atoms with Crippen LogP contribution in [-0.2, 0) is 6.42 Å². The molecule has 1 atom stereocenters. The number of nitrogens with two attached hydrogens (primary N) is 1. The van der Waals surface area contributed by atoms with E-state index in [4.69, 9.17) is 17.3 Å². The molecule has 2 rings (SSSR count). The second kappa shape index (κ2) is 6.35. The number of hydrogen-bond donors (Lipinski definition) is 1. The highest BCUT2D eigenvalue weighted by atomic mass is 79.9. The molecule has 100 valence electrons. The van der Waals surface area contributed by atoms with Crippen LogP contribution in [0.25, 0.3) is 0 Å². The first-order chi connectivity index (χ1) is 8.97. The molecule has 1 nitrogen and oxygen atoms in total. The second-order valence-electron chi connectivity index (χ2n) is 4.21. The van der Waals surface area contributed by atoms with E-state index in [-0.39, 0.29) is 11.9 Å². The Kier molecular flexibility index (Phi) is 5.01. The van der Waals surface area contributed by atoms with Gasteiger partial charge in [0.25, 0.3) is 0 Å². The Morgan fingerprint density at radius 2 is 1.89 bits per heavy atom. The molecule has 2 aromatic rings. The molecule has 0 fully saturated rings. The monoisotopic (exact) mass is 405 g/mol. The van der Waals surface area contributed by atoms with Gasteiger partial charge in [0.1, 0.15) is 5.82 Å². The molecule has 0 saturated heterocycles. The summed E-state index contributed by atoms with van der Waals surface area (Å²) in [7, 11) is 0. The van der Waals surface area contributed by atoms with Gasteiger partial charge in [-0.2, -0.15) is 0 Å². The van der Waals surface area contributed by atoms with Crippen molar-refractivity contribution in [2.24, 2.45) is 5.73 Å². The van der Waals surface area contributed by atoms with E-state index >= 15 is 0 Å². The van der Waals surface area contributed by atoms with E-state index in [1.165, 1.54) is 6.07 Å². The Morgan fingerprint density at radius 1 is 1.16 bits per heavy atom. The lowest BCUT2D eigenvalue weighted by molar-refractivity contribution is 0.593. The van der Waals surface area contributed by atoms with Gasteiger partial charge in [0.2, 0.25) is 0 Å². The van der Waals surface area contributed by atoms with Crippen LogP contribution in [0.4, 0.5) is 4.39 Å². The zero-order valence-electron chi connectivity index (χ0n) is 9.84. The highest BCUT2D eigenvalue weighted by Gasteiger charge is 2.13. The number of benzene rings is 2. The van der Waals surface area contributed by atoms with Crippen LogP contribution < -0.4 is 5.73 Å². The predicted octanol–water partition coefficient (Wildman–Crippen LogP) is 5.25. The number of rotatable bonds is 3. The Bertz CT molecular complexity index is 604. The van der Waals surface area contributed by atoms with Gasteiger partial charge in [0.05, 0.1) is 0 Å². The molecule has 0 bridgehead atoms. The van der Waals surface area contributed by atoms with Crippen molar-refractivity contribution in [1.82, 2.24) is 0 Å². The van der Waals surface area contributed by atoms with E-state index in [1.54, 1.807) is 12.1 Å². The molecule has 2 N–H and O–H groups in total. The molecule has 0 aromatic heterocycles. The summed E-state index contributed by atoms with van der Waals surface area (Å²) in [6.45, 7) is 0. The summed E-state index contributed by atoms with van der Waals surface area (Å²) >= 11 is 12.6. The smallest absolute Gasteiger partial charge is 0.127 e. The first kappa shape index (κ1) is 15.0. The van der Waals surface area contributed by atoms with Gasteiger partial charge >= 0.3 is 0 Å². The topological polar surface area (TPSA) is 26.0 Å². The molecule has 0 aliphatic carbocycles. The quantitative estimate of drug-likeness (QED) is 0.739. The van der Waals surface area contributed by atoms with E-state index in [9.17, 15) is 4.39 Å². The Hall–Kier alpha value is -0.420. The molecule has 1 unspecified atom stereocenters. The van der Waals surface area contributed by atoms with Gasteiger partial charge in [0, 0.05) is 20.0 Å². The SMILES string of the molecule is NC(Cc1ccc(Cl)cc1F)c1ccc(Br)cc1Br. The van der Waals surface area contributed by atoms with Gasteiger partial charge in [-0.1, -0.05) is 55.6 Å². The summed E-state index contributed by atoms with van der Waals surface area (Å²) in [4.78, 5) is 0. The van der Waals surface area contributed by atoms with E-state index in [0.29, 0.717) is 17.0 Å². The third-order valence-corrected chi connectivity index (χ3v) is 4.23. The minimum absolute atomic E-state index is 0.279. The number of hydrogen-bond acceptors (Lipinski definition) is 1. The molecule has 0 aliphatic heterocycles. The van der Waals surface area contributed by atoms with E-state index in [2.05, 4.69) is 31.9 Å². The molecule has 0 saturated carbocycles. The van der Waals surface area contributed by atoms with Crippen molar-refractivity contribution in [1.29, 1.82) is 0 Å². The van der Waals surface area contributed by atoms with Crippen LogP contribution in [0.3, 0.4) is 0 Å². The molecule has 19 heavy (non-hydrogen) atoms. The fourth-order valence-corrected chi connectivity index (χ4v) is 3.34. The summed E-state index contributed by atoms with van der Waals surface area (Å²) in [5, 5.41) is 0.389. The van der Waals surface area contributed by atoms with Crippen molar-refractivity contribution in [3.8, 4) is 0 Å². The minimum atomic E-state index is -0.323. The van der Waals surface area contributed by atoms with Crippen LogP contribution in [-0.4, -0.2) is 0 Å². The summed E-state index contributed by atoms with van der Waals surface area (Å²) < 4.78 is 15.6. The van der Waals surface area contributed by atoms with Gasteiger partial charge in [-0.05, 0) is 41.8 Å². The van der Waals surface area contributed by atoms with Crippen LogP contribution >= 0.6 is 43.5 Å². The molecular formula is C14H11Br2ClFN. The molecule has 0 radical (unpaired) electrons. The largest absolute Gasteiger partial charge is 0.324 e. The maximum Gasteiger partial charge on any atom is 0.127 e. The van der Waals surface area contributed by atoms with Crippen molar-refractivity contribution in [2.45, 2.75) is 12.5 Å². The highest BCUT2D eigenvalue weighted by molar-refractivity contribution is 9.11. The van der Waals surface area contributed by atoms with Gasteiger partial charge < -0.3 is 5.73 Å². The summed E-state index contributed by atoms with van der Waals surface area (Å²) in [6.07, 6.45) is 0.420. The van der Waals surface area contributed by atoms with Crippen LogP contribution in [0.1, 0.15) is 17.2 Å². The Balaban J connectivity index is 2.23. The van der Waals surface area contributed by atoms with Crippen molar-refractivity contribution < 1.29 is 4.39 Å². The highest BCUT2D eigenvalue weighted by Crippen LogP contribution is 2.28. The lowest BCUT2D eigenvalue weighted by Gasteiger charge is -2.15. The molecule has 0 heterocycles. The molecule has 5 heteroatoms. The normalized spacial score (nSPS) is 12.5. The van der Waals surface area contributed by atoms with Crippen molar-refractivity contribution in [3.63, 3.8) is 0 Å². The van der Waals surface area contributed by atoms with Crippen LogP contribution in [0.15, 0.2) is 45.3 Å². The van der Waals surface area contributed by atoms with Gasteiger partial charge in [0.15, 0.2) is 0 Å². The van der Waals surface area contributed by atoms with Crippen molar-refractivity contribution >= 4 is 43.5 Å². The third kappa shape index (κ3) is 3.78. The standard InChI is InChI=1S/C14H11Br2ClFN/c15-9-2-4-11(12(16)6-9)14(19)5-8-1-3-10(17)7-13(8)18/h1-4,6-7,14H,5,19H2. The van der Waals surface area contributed by atoms with E-state index in [1.807, 2.05) is 18.2 Å². The Labute approximate surface area is 133 Å². The first-order valence-electron chi connectivity index (χ1n) is 5.62. The minimum Gasteiger partial charge on any atom is -0.324 e.